The Morgan fingerprint density at radius 2 is 1.62 bits per heavy atom. The van der Waals surface area contributed by atoms with Crippen LogP contribution < -0.4 is 5.32 Å². The number of nitrogens with zero attached hydrogens (tertiary/aromatic N) is 2. The predicted molar refractivity (Wildman–Crippen MR) is 122 cm³/mol. The Labute approximate surface area is 191 Å². The highest BCUT2D eigenvalue weighted by atomic mass is 35.5. The lowest BCUT2D eigenvalue weighted by Gasteiger charge is -2.13. The Hall–Kier alpha value is -3.45. The maximum Gasteiger partial charge on any atom is 0.343 e. The molecule has 0 spiro atoms. The number of aryl methyl sites for hydroxylation is 1. The molecule has 0 aliphatic heterocycles. The van der Waals surface area contributed by atoms with Crippen molar-refractivity contribution in [3.05, 3.63) is 76.6 Å². The minimum absolute atomic E-state index is 0.113. The van der Waals surface area contributed by atoms with Gasteiger partial charge in [0.2, 0.25) is 11.7 Å². The van der Waals surface area contributed by atoms with Crippen molar-refractivity contribution in [2.45, 2.75) is 33.8 Å². The van der Waals surface area contributed by atoms with Crippen LogP contribution in [0.1, 0.15) is 47.2 Å². The van der Waals surface area contributed by atoms with E-state index in [0.29, 0.717) is 22.6 Å². The third-order valence-corrected chi connectivity index (χ3v) is 5.17. The smallest absolute Gasteiger partial charge is 0.343 e. The third kappa shape index (κ3) is 5.06. The molecule has 0 radical (unpaired) electrons. The van der Waals surface area contributed by atoms with Crippen LogP contribution in [0.3, 0.4) is 0 Å². The van der Waals surface area contributed by atoms with Gasteiger partial charge in [0.25, 0.3) is 0 Å². The summed E-state index contributed by atoms with van der Waals surface area (Å²) in [6.07, 6.45) is -1.03. The summed E-state index contributed by atoms with van der Waals surface area (Å²) in [7, 11) is 0. The van der Waals surface area contributed by atoms with Crippen molar-refractivity contribution in [3.8, 4) is 5.69 Å². The molecule has 7 nitrogen and oxygen atoms in total. The molecule has 1 atom stereocenters. The number of hydrogen-bond donors (Lipinski definition) is 1. The van der Waals surface area contributed by atoms with Gasteiger partial charge in [-0.1, -0.05) is 43.6 Å². The van der Waals surface area contributed by atoms with Crippen molar-refractivity contribution in [3.63, 3.8) is 0 Å². The number of aromatic nitrogens is 2. The van der Waals surface area contributed by atoms with Crippen LogP contribution in [0.4, 0.5) is 5.69 Å². The number of hydrogen-bond acceptors (Lipinski definition) is 5. The van der Waals surface area contributed by atoms with Gasteiger partial charge in [0.05, 0.1) is 11.4 Å². The largest absolute Gasteiger partial charge is 0.451 e. The van der Waals surface area contributed by atoms with Crippen molar-refractivity contribution in [1.82, 2.24) is 9.78 Å². The second-order valence-electron chi connectivity index (χ2n) is 7.63. The van der Waals surface area contributed by atoms with Crippen molar-refractivity contribution >= 4 is 34.9 Å². The predicted octanol–water partition coefficient (Wildman–Crippen LogP) is 4.86. The number of benzene rings is 2. The van der Waals surface area contributed by atoms with Gasteiger partial charge < -0.3 is 10.1 Å². The Balaban J connectivity index is 1.71. The van der Waals surface area contributed by atoms with Gasteiger partial charge in [-0.15, -0.1) is 0 Å². The molecule has 0 saturated heterocycles. The standard InChI is InChI=1S/C24H24ClN3O4/c1-14(2)23(30)26-18-12-10-17(11-13-18)21(29)16(4)32-24(31)20-15(3)27-28(22(20)25)19-8-6-5-7-9-19/h5-14,16H,1-4H3,(H,26,30). The molecule has 1 amide bonds. The van der Waals surface area contributed by atoms with E-state index in [2.05, 4.69) is 10.4 Å². The van der Waals surface area contributed by atoms with Crippen molar-refractivity contribution < 1.29 is 19.1 Å². The molecule has 3 rings (SSSR count). The minimum atomic E-state index is -1.03. The number of amides is 1. The monoisotopic (exact) mass is 453 g/mol. The lowest BCUT2D eigenvalue weighted by atomic mass is 10.1. The van der Waals surface area contributed by atoms with Crippen LogP contribution in [-0.2, 0) is 9.53 Å². The summed E-state index contributed by atoms with van der Waals surface area (Å²) in [6.45, 7) is 6.74. The lowest BCUT2D eigenvalue weighted by molar-refractivity contribution is -0.118. The van der Waals surface area contributed by atoms with Gasteiger partial charge >= 0.3 is 5.97 Å². The topological polar surface area (TPSA) is 90.3 Å². The van der Waals surface area contributed by atoms with Crippen LogP contribution in [0.25, 0.3) is 5.69 Å². The van der Waals surface area contributed by atoms with Crippen LogP contribution >= 0.6 is 11.6 Å². The summed E-state index contributed by atoms with van der Waals surface area (Å²) < 4.78 is 6.84. The summed E-state index contributed by atoms with van der Waals surface area (Å²) in [6, 6.07) is 15.6. The van der Waals surface area contributed by atoms with E-state index in [1.165, 1.54) is 11.6 Å². The molecule has 1 aromatic heterocycles. The zero-order valence-electron chi connectivity index (χ0n) is 18.3. The second kappa shape index (κ2) is 9.78. The van der Waals surface area contributed by atoms with E-state index in [4.69, 9.17) is 16.3 Å². The lowest BCUT2D eigenvalue weighted by Crippen LogP contribution is -2.25. The van der Waals surface area contributed by atoms with Crippen LogP contribution in [0.15, 0.2) is 54.6 Å². The van der Waals surface area contributed by atoms with Gasteiger partial charge in [-0.3, -0.25) is 9.59 Å². The molecular weight excluding hydrogens is 430 g/mol. The number of ether oxygens (including phenoxy) is 1. The Morgan fingerprint density at radius 3 is 2.22 bits per heavy atom. The normalized spacial score (nSPS) is 11.8. The first-order valence-corrected chi connectivity index (χ1v) is 10.5. The molecule has 1 N–H and O–H groups in total. The van der Waals surface area contributed by atoms with E-state index in [1.54, 1.807) is 45.0 Å². The molecule has 3 aromatic rings. The summed E-state index contributed by atoms with van der Waals surface area (Å²) >= 11 is 6.40. The summed E-state index contributed by atoms with van der Waals surface area (Å²) in [5.74, 6) is -1.37. The Morgan fingerprint density at radius 1 is 1.00 bits per heavy atom. The van der Waals surface area contributed by atoms with Gasteiger partial charge in [-0.2, -0.15) is 5.10 Å². The van der Waals surface area contributed by atoms with Gasteiger partial charge in [0, 0.05) is 17.2 Å². The highest BCUT2D eigenvalue weighted by Gasteiger charge is 2.26. The summed E-state index contributed by atoms with van der Waals surface area (Å²) in [5.41, 5.74) is 2.15. The van der Waals surface area contributed by atoms with E-state index in [0.717, 1.165) is 0 Å². The SMILES string of the molecule is Cc1nn(-c2ccccc2)c(Cl)c1C(=O)OC(C)C(=O)c1ccc(NC(=O)C(C)C)cc1. The zero-order valence-corrected chi connectivity index (χ0v) is 19.0. The number of ketones is 1. The van der Waals surface area contributed by atoms with Crippen LogP contribution in [0.2, 0.25) is 5.15 Å². The summed E-state index contributed by atoms with van der Waals surface area (Å²) in [5, 5.41) is 7.20. The molecule has 1 unspecified atom stereocenters. The molecule has 1 heterocycles. The summed E-state index contributed by atoms with van der Waals surface area (Å²) in [4.78, 5) is 37.3. The van der Waals surface area contributed by atoms with Crippen molar-refractivity contribution in [2.75, 3.05) is 5.32 Å². The molecule has 0 fully saturated rings. The number of carbonyl (C=O) groups is 3. The average molecular weight is 454 g/mol. The first-order chi connectivity index (χ1) is 15.2. The zero-order chi connectivity index (χ0) is 23.4. The van der Waals surface area contributed by atoms with Gasteiger partial charge in [-0.05, 0) is 50.2 Å². The van der Waals surface area contributed by atoms with E-state index in [9.17, 15) is 14.4 Å². The van der Waals surface area contributed by atoms with E-state index < -0.39 is 12.1 Å². The van der Waals surface area contributed by atoms with E-state index >= 15 is 0 Å². The maximum absolute atomic E-state index is 12.8. The molecular formula is C24H24ClN3O4. The van der Waals surface area contributed by atoms with Crippen LogP contribution in [-0.4, -0.2) is 33.5 Å². The quantitative estimate of drug-likeness (QED) is 0.407. The van der Waals surface area contributed by atoms with Crippen LogP contribution in [0.5, 0.6) is 0 Å². The van der Waals surface area contributed by atoms with Gasteiger partial charge in [0.15, 0.2) is 6.10 Å². The highest BCUT2D eigenvalue weighted by molar-refractivity contribution is 6.33. The molecule has 0 saturated carbocycles. The number of esters is 1. The molecule has 0 aliphatic carbocycles. The number of rotatable bonds is 7. The van der Waals surface area contributed by atoms with E-state index in [1.807, 2.05) is 30.3 Å². The first kappa shape index (κ1) is 23.2. The number of carbonyl (C=O) groups excluding carboxylic acids is 3. The fourth-order valence-electron chi connectivity index (χ4n) is 2.98. The van der Waals surface area contributed by atoms with Crippen LogP contribution in [0, 0.1) is 12.8 Å². The molecule has 2 aromatic carbocycles. The number of halogens is 1. The van der Waals surface area contributed by atoms with Crippen molar-refractivity contribution in [2.24, 2.45) is 5.92 Å². The minimum Gasteiger partial charge on any atom is -0.451 e. The van der Waals surface area contributed by atoms with Gasteiger partial charge in [0.1, 0.15) is 10.7 Å². The fraction of sp³-hybridized carbons (Fsp3) is 0.250. The molecule has 0 aliphatic rings. The number of para-hydroxylation sites is 1. The third-order valence-electron chi connectivity index (χ3n) is 4.82. The highest BCUT2D eigenvalue weighted by Crippen LogP contribution is 2.25. The first-order valence-electron chi connectivity index (χ1n) is 10.2. The Bertz CT molecular complexity index is 1140. The molecule has 32 heavy (non-hydrogen) atoms. The molecule has 166 valence electrons. The second-order valence-corrected chi connectivity index (χ2v) is 7.99. The number of nitrogens with one attached hydrogen (secondary N) is 1. The molecule has 0 bridgehead atoms. The van der Waals surface area contributed by atoms with Crippen molar-refractivity contribution in [1.29, 1.82) is 0 Å². The molecule has 8 heteroatoms. The van der Waals surface area contributed by atoms with E-state index in [-0.39, 0.29) is 28.3 Å². The fourth-order valence-corrected chi connectivity index (χ4v) is 3.33. The maximum atomic E-state index is 12.8. The Kier molecular flexibility index (Phi) is 7.10. The number of Topliss-reactive ketones (excluding diaryl/α,β-unsaturated/α-hetero) is 1. The average Bonchev–Trinajstić information content (AvgIpc) is 3.08. The van der Waals surface area contributed by atoms with Gasteiger partial charge in [-0.25, -0.2) is 9.48 Å². The number of anilines is 1.